The van der Waals surface area contributed by atoms with Crippen LogP contribution in [0.15, 0.2) is 0 Å². The molecular formula is C17H36O4Si2. The molecule has 0 saturated carbocycles. The number of rotatable bonds is 4. The Morgan fingerprint density at radius 2 is 1.22 bits per heavy atom. The Balaban J connectivity index is 2.18. The van der Waals surface area contributed by atoms with Crippen molar-refractivity contribution < 1.29 is 18.3 Å². The lowest BCUT2D eigenvalue weighted by Crippen LogP contribution is -2.56. The molecule has 0 radical (unpaired) electrons. The molecule has 4 atom stereocenters. The van der Waals surface area contributed by atoms with Crippen molar-refractivity contribution in [3.05, 3.63) is 0 Å². The molecule has 136 valence electrons. The molecule has 0 aromatic heterocycles. The van der Waals surface area contributed by atoms with Gasteiger partial charge in [0.2, 0.25) is 0 Å². The largest absolute Gasteiger partial charge is 0.408 e. The van der Waals surface area contributed by atoms with Gasteiger partial charge in [-0.1, -0.05) is 41.5 Å². The van der Waals surface area contributed by atoms with Crippen LogP contribution in [-0.2, 0) is 18.3 Å². The number of hydrogen-bond donors (Lipinski definition) is 0. The summed E-state index contributed by atoms with van der Waals surface area (Å²) in [6, 6.07) is 0. The molecule has 6 heteroatoms. The predicted molar refractivity (Wildman–Crippen MR) is 98.8 cm³/mol. The highest BCUT2D eigenvalue weighted by Crippen LogP contribution is 2.45. The van der Waals surface area contributed by atoms with E-state index < -0.39 is 16.6 Å². The highest BCUT2D eigenvalue weighted by molar-refractivity contribution is 6.74. The monoisotopic (exact) mass is 360 g/mol. The fraction of sp³-hybridized carbons (Fsp3) is 1.00. The van der Waals surface area contributed by atoms with E-state index in [4.69, 9.17) is 18.3 Å². The Labute approximate surface area is 144 Å². The van der Waals surface area contributed by atoms with E-state index in [0.29, 0.717) is 6.61 Å². The lowest BCUT2D eigenvalue weighted by atomic mass is 10.1. The quantitative estimate of drug-likeness (QED) is 0.691. The van der Waals surface area contributed by atoms with E-state index in [1.54, 1.807) is 0 Å². The van der Waals surface area contributed by atoms with E-state index in [-0.39, 0.29) is 34.7 Å². The van der Waals surface area contributed by atoms with Crippen molar-refractivity contribution in [2.75, 3.05) is 6.61 Å². The molecule has 2 saturated heterocycles. The summed E-state index contributed by atoms with van der Waals surface area (Å²) in [4.78, 5) is 0. The van der Waals surface area contributed by atoms with Gasteiger partial charge in [-0.3, -0.25) is 0 Å². The molecular weight excluding hydrogens is 324 g/mol. The average Bonchev–Trinajstić information content (AvgIpc) is 2.88. The molecule has 2 bridgehead atoms. The van der Waals surface area contributed by atoms with Crippen LogP contribution in [0.25, 0.3) is 0 Å². The normalized spacial score (nSPS) is 32.6. The second kappa shape index (κ2) is 5.92. The summed E-state index contributed by atoms with van der Waals surface area (Å²) in [5.41, 5.74) is 0. The van der Waals surface area contributed by atoms with Gasteiger partial charge in [0.05, 0.1) is 6.61 Å². The van der Waals surface area contributed by atoms with E-state index in [2.05, 4.69) is 67.7 Å². The first-order valence-corrected chi connectivity index (χ1v) is 14.6. The van der Waals surface area contributed by atoms with E-state index in [1.165, 1.54) is 0 Å². The van der Waals surface area contributed by atoms with Crippen molar-refractivity contribution in [1.82, 2.24) is 0 Å². The molecule has 0 amide bonds. The van der Waals surface area contributed by atoms with Gasteiger partial charge >= 0.3 is 0 Å². The van der Waals surface area contributed by atoms with Crippen LogP contribution in [0.5, 0.6) is 0 Å². The first kappa shape index (κ1) is 19.6. The van der Waals surface area contributed by atoms with Gasteiger partial charge in [-0.05, 0) is 36.3 Å². The number of fused-ring (bicyclic) bond motifs is 2. The molecule has 0 aromatic rings. The summed E-state index contributed by atoms with van der Waals surface area (Å²) in [7, 11) is -3.77. The zero-order valence-electron chi connectivity index (χ0n) is 16.6. The van der Waals surface area contributed by atoms with E-state index >= 15 is 0 Å². The third-order valence-electron chi connectivity index (χ3n) is 6.17. The molecule has 2 heterocycles. The van der Waals surface area contributed by atoms with Gasteiger partial charge in [0.1, 0.15) is 18.3 Å². The minimum absolute atomic E-state index is 0.00349. The fourth-order valence-corrected chi connectivity index (χ4v) is 5.05. The van der Waals surface area contributed by atoms with Crippen LogP contribution >= 0.6 is 0 Å². The van der Waals surface area contributed by atoms with Crippen molar-refractivity contribution in [3.8, 4) is 0 Å². The van der Waals surface area contributed by atoms with Crippen molar-refractivity contribution in [3.63, 3.8) is 0 Å². The number of ether oxygens (including phenoxy) is 2. The summed E-state index contributed by atoms with van der Waals surface area (Å²) in [5, 5.41) is 0.341. The SMILES string of the molecule is CC(C)(C)[Si](C)(C)O[C@H]1[C@@H]2OC[C@@H](O2)[C@H]1O[Si](C)(C)C(C)(C)C. The second-order valence-electron chi connectivity index (χ2n) is 10.1. The Hall–Kier alpha value is 0.274. The lowest BCUT2D eigenvalue weighted by molar-refractivity contribution is -0.103. The Bertz CT molecular complexity index is 397. The molecule has 2 rings (SSSR count). The third kappa shape index (κ3) is 3.77. The minimum Gasteiger partial charge on any atom is -0.408 e. The van der Waals surface area contributed by atoms with Crippen LogP contribution in [-0.4, -0.2) is 47.8 Å². The summed E-state index contributed by atoms with van der Waals surface area (Å²) in [5.74, 6) is 0. The van der Waals surface area contributed by atoms with E-state index in [1.807, 2.05) is 0 Å². The van der Waals surface area contributed by atoms with Crippen LogP contribution < -0.4 is 0 Å². The molecule has 4 nitrogen and oxygen atoms in total. The fourth-order valence-electron chi connectivity index (χ4n) is 2.45. The second-order valence-corrected chi connectivity index (χ2v) is 19.6. The Morgan fingerprint density at radius 3 is 1.65 bits per heavy atom. The van der Waals surface area contributed by atoms with Gasteiger partial charge in [0.25, 0.3) is 0 Å². The molecule has 0 aliphatic carbocycles. The molecule has 0 aromatic carbocycles. The zero-order valence-corrected chi connectivity index (χ0v) is 18.6. The standard InChI is InChI=1S/C17H36O4Si2/c1-16(2,3)22(7,8)20-13-12-11-18-15(19-12)14(13)21-23(9,10)17(4,5)6/h12-15H,11H2,1-10H3/t12-,13-,14-,15-/m1/s1. The highest BCUT2D eigenvalue weighted by atomic mass is 28.4. The summed E-state index contributed by atoms with van der Waals surface area (Å²) in [6.07, 6.45) is -0.333. The van der Waals surface area contributed by atoms with E-state index in [9.17, 15) is 0 Å². The first-order chi connectivity index (χ1) is 10.2. The van der Waals surface area contributed by atoms with Crippen molar-refractivity contribution in [2.24, 2.45) is 0 Å². The smallest absolute Gasteiger partial charge is 0.192 e. The maximum Gasteiger partial charge on any atom is 0.192 e. The van der Waals surface area contributed by atoms with Crippen LogP contribution in [0.4, 0.5) is 0 Å². The van der Waals surface area contributed by atoms with E-state index in [0.717, 1.165) is 0 Å². The average molecular weight is 361 g/mol. The highest BCUT2D eigenvalue weighted by Gasteiger charge is 2.57. The molecule has 2 fully saturated rings. The molecule has 2 aliphatic heterocycles. The van der Waals surface area contributed by atoms with Gasteiger partial charge in [0.15, 0.2) is 22.9 Å². The Kier molecular flexibility index (Phi) is 5.04. The topological polar surface area (TPSA) is 36.9 Å². The van der Waals surface area contributed by atoms with Crippen molar-refractivity contribution >= 4 is 16.6 Å². The van der Waals surface area contributed by atoms with Gasteiger partial charge in [-0.2, -0.15) is 0 Å². The zero-order chi connectivity index (χ0) is 17.8. The maximum atomic E-state index is 6.70. The van der Waals surface area contributed by atoms with Gasteiger partial charge in [-0.25, -0.2) is 0 Å². The maximum absolute atomic E-state index is 6.70. The van der Waals surface area contributed by atoms with Gasteiger partial charge in [-0.15, -0.1) is 0 Å². The van der Waals surface area contributed by atoms with Crippen molar-refractivity contribution in [1.29, 1.82) is 0 Å². The van der Waals surface area contributed by atoms with Crippen LogP contribution in [0, 0.1) is 0 Å². The van der Waals surface area contributed by atoms with Gasteiger partial charge in [0, 0.05) is 0 Å². The lowest BCUT2D eigenvalue weighted by Gasteiger charge is -2.45. The molecule has 0 spiro atoms. The minimum atomic E-state index is -1.90. The molecule has 0 unspecified atom stereocenters. The molecule has 23 heavy (non-hydrogen) atoms. The summed E-state index contributed by atoms with van der Waals surface area (Å²) < 4.78 is 25.1. The molecule has 0 N–H and O–H groups in total. The predicted octanol–water partition coefficient (Wildman–Crippen LogP) is 4.52. The summed E-state index contributed by atoms with van der Waals surface area (Å²) in [6.45, 7) is 23.4. The van der Waals surface area contributed by atoms with Crippen LogP contribution in [0.1, 0.15) is 41.5 Å². The Morgan fingerprint density at radius 1 is 0.783 bits per heavy atom. The molecule has 2 aliphatic rings. The first-order valence-electron chi connectivity index (χ1n) is 8.78. The van der Waals surface area contributed by atoms with Gasteiger partial charge < -0.3 is 18.3 Å². The third-order valence-corrected chi connectivity index (χ3v) is 15.1. The van der Waals surface area contributed by atoms with Crippen LogP contribution in [0.2, 0.25) is 36.3 Å². The summed E-state index contributed by atoms with van der Waals surface area (Å²) >= 11 is 0. The number of hydrogen-bond acceptors (Lipinski definition) is 4. The van der Waals surface area contributed by atoms with Crippen molar-refractivity contribution in [2.45, 2.75) is 102 Å². The van der Waals surface area contributed by atoms with Crippen LogP contribution in [0.3, 0.4) is 0 Å².